The second kappa shape index (κ2) is 4.76. The second-order valence-corrected chi connectivity index (χ2v) is 6.64. The third kappa shape index (κ3) is 2.90. The fourth-order valence-electron chi connectivity index (χ4n) is 2.29. The molecule has 6 heteroatoms. The normalized spacial score (nSPS) is 21.8. The number of anilines is 1. The fourth-order valence-corrected chi connectivity index (χ4v) is 3.08. The van der Waals surface area contributed by atoms with Crippen LogP contribution in [0.4, 0.5) is 9.93 Å². The first-order valence-corrected chi connectivity index (χ1v) is 7.64. The van der Waals surface area contributed by atoms with E-state index in [0.29, 0.717) is 17.0 Å². The number of amides is 2. The van der Waals surface area contributed by atoms with Crippen molar-refractivity contribution >= 4 is 22.5 Å². The standard InChI is InChI=1S/C13H19N3O2S/c1-13(7-17,9-4-5-9)16-11(18)15-12-14-10(6-19-12)8-2-3-8/h6,8-9,17H,2-5,7H2,1H3,(H2,14,15,16,18). The molecule has 0 aromatic carbocycles. The van der Waals surface area contributed by atoms with Crippen molar-refractivity contribution in [1.82, 2.24) is 10.3 Å². The van der Waals surface area contributed by atoms with Crippen LogP contribution in [0.1, 0.15) is 44.2 Å². The van der Waals surface area contributed by atoms with Crippen LogP contribution in [-0.4, -0.2) is 28.3 Å². The monoisotopic (exact) mass is 281 g/mol. The molecule has 5 nitrogen and oxygen atoms in total. The molecule has 3 N–H and O–H groups in total. The molecule has 0 saturated heterocycles. The number of nitrogens with zero attached hydrogens (tertiary/aromatic N) is 1. The first kappa shape index (κ1) is 12.9. The van der Waals surface area contributed by atoms with Gasteiger partial charge < -0.3 is 10.4 Å². The Labute approximate surface area is 116 Å². The van der Waals surface area contributed by atoms with Gasteiger partial charge in [0.2, 0.25) is 0 Å². The van der Waals surface area contributed by atoms with E-state index in [1.54, 1.807) is 0 Å². The van der Waals surface area contributed by atoms with Crippen molar-refractivity contribution in [3.05, 3.63) is 11.1 Å². The summed E-state index contributed by atoms with van der Waals surface area (Å²) in [5.41, 5.74) is 0.577. The minimum Gasteiger partial charge on any atom is -0.394 e. The summed E-state index contributed by atoms with van der Waals surface area (Å²) in [6.07, 6.45) is 4.56. The molecule has 3 rings (SSSR count). The topological polar surface area (TPSA) is 74.2 Å². The molecule has 1 aromatic heterocycles. The van der Waals surface area contributed by atoms with Gasteiger partial charge in [0.15, 0.2) is 5.13 Å². The average molecular weight is 281 g/mol. The highest BCUT2D eigenvalue weighted by molar-refractivity contribution is 7.13. The molecular weight excluding hydrogens is 262 g/mol. The molecule has 0 spiro atoms. The van der Waals surface area contributed by atoms with Gasteiger partial charge in [-0.3, -0.25) is 5.32 Å². The number of rotatable bonds is 5. The van der Waals surface area contributed by atoms with Gasteiger partial charge in [-0.05, 0) is 38.5 Å². The number of aromatic nitrogens is 1. The minimum absolute atomic E-state index is 0.0315. The van der Waals surface area contributed by atoms with E-state index < -0.39 is 5.54 Å². The van der Waals surface area contributed by atoms with Crippen LogP contribution < -0.4 is 10.6 Å². The van der Waals surface area contributed by atoms with Gasteiger partial charge in [0.1, 0.15) is 0 Å². The van der Waals surface area contributed by atoms with Gasteiger partial charge >= 0.3 is 6.03 Å². The number of thiazole rings is 1. The van der Waals surface area contributed by atoms with E-state index in [1.807, 2.05) is 12.3 Å². The van der Waals surface area contributed by atoms with Gasteiger partial charge in [-0.2, -0.15) is 0 Å². The van der Waals surface area contributed by atoms with Crippen molar-refractivity contribution < 1.29 is 9.90 Å². The number of urea groups is 1. The van der Waals surface area contributed by atoms with Gasteiger partial charge in [-0.1, -0.05) is 0 Å². The van der Waals surface area contributed by atoms with Crippen molar-refractivity contribution in [3.8, 4) is 0 Å². The van der Waals surface area contributed by atoms with Crippen LogP contribution in [0.2, 0.25) is 0 Å². The summed E-state index contributed by atoms with van der Waals surface area (Å²) in [6.45, 7) is 1.86. The van der Waals surface area contributed by atoms with E-state index in [2.05, 4.69) is 15.6 Å². The predicted molar refractivity (Wildman–Crippen MR) is 74.5 cm³/mol. The molecule has 2 aliphatic carbocycles. The zero-order valence-corrected chi connectivity index (χ0v) is 11.8. The lowest BCUT2D eigenvalue weighted by Crippen LogP contribution is -2.52. The SMILES string of the molecule is CC(CO)(NC(=O)Nc1nc(C2CC2)cs1)C1CC1. The van der Waals surface area contributed by atoms with Crippen molar-refractivity contribution in [3.63, 3.8) is 0 Å². The maximum absolute atomic E-state index is 11.9. The average Bonchev–Trinajstić information content (AvgIpc) is 3.27. The molecule has 1 unspecified atom stereocenters. The molecule has 2 fully saturated rings. The number of aliphatic hydroxyl groups excluding tert-OH is 1. The Morgan fingerprint density at radius 3 is 2.84 bits per heavy atom. The van der Waals surface area contributed by atoms with Crippen molar-refractivity contribution in [2.45, 2.75) is 44.1 Å². The van der Waals surface area contributed by atoms with Gasteiger partial charge in [-0.25, -0.2) is 9.78 Å². The van der Waals surface area contributed by atoms with Crippen LogP contribution in [0, 0.1) is 5.92 Å². The zero-order valence-electron chi connectivity index (χ0n) is 11.0. The molecule has 2 amide bonds. The summed E-state index contributed by atoms with van der Waals surface area (Å²) in [5, 5.41) is 17.7. The molecule has 2 saturated carbocycles. The molecule has 19 heavy (non-hydrogen) atoms. The van der Waals surface area contributed by atoms with Crippen LogP contribution in [0.3, 0.4) is 0 Å². The maximum Gasteiger partial charge on any atom is 0.321 e. The van der Waals surface area contributed by atoms with E-state index >= 15 is 0 Å². The van der Waals surface area contributed by atoms with Gasteiger partial charge in [-0.15, -0.1) is 11.3 Å². The summed E-state index contributed by atoms with van der Waals surface area (Å²) >= 11 is 1.46. The maximum atomic E-state index is 11.9. The Morgan fingerprint density at radius 1 is 1.53 bits per heavy atom. The summed E-state index contributed by atoms with van der Waals surface area (Å²) in [5.74, 6) is 0.991. The molecule has 0 radical (unpaired) electrons. The Balaban J connectivity index is 1.57. The number of hydrogen-bond acceptors (Lipinski definition) is 4. The quantitative estimate of drug-likeness (QED) is 0.775. The predicted octanol–water partition coefficient (Wildman–Crippen LogP) is 2.30. The second-order valence-electron chi connectivity index (χ2n) is 5.78. The Morgan fingerprint density at radius 2 is 2.26 bits per heavy atom. The summed E-state index contributed by atoms with van der Waals surface area (Å²) in [4.78, 5) is 16.4. The highest BCUT2D eigenvalue weighted by Gasteiger charge is 2.42. The molecule has 1 atom stereocenters. The third-order valence-corrected chi connectivity index (χ3v) is 4.72. The van der Waals surface area contributed by atoms with E-state index in [1.165, 1.54) is 24.2 Å². The summed E-state index contributed by atoms with van der Waals surface area (Å²) < 4.78 is 0. The Hall–Kier alpha value is -1.14. The number of hydrogen-bond donors (Lipinski definition) is 3. The molecular formula is C13H19N3O2S. The Kier molecular flexibility index (Phi) is 3.22. The summed E-state index contributed by atoms with van der Waals surface area (Å²) in [6, 6.07) is -0.278. The molecule has 1 aromatic rings. The van der Waals surface area contributed by atoms with Gasteiger partial charge in [0.05, 0.1) is 17.8 Å². The molecule has 2 aliphatic rings. The number of carbonyl (C=O) groups is 1. The first-order valence-electron chi connectivity index (χ1n) is 6.76. The van der Waals surface area contributed by atoms with Gasteiger partial charge in [0, 0.05) is 11.3 Å². The van der Waals surface area contributed by atoms with E-state index in [9.17, 15) is 9.90 Å². The lowest BCUT2D eigenvalue weighted by molar-refractivity contribution is 0.159. The van der Waals surface area contributed by atoms with Crippen molar-refractivity contribution in [2.75, 3.05) is 11.9 Å². The molecule has 0 aliphatic heterocycles. The number of aliphatic hydroxyl groups is 1. The van der Waals surface area contributed by atoms with Gasteiger partial charge in [0.25, 0.3) is 0 Å². The number of nitrogens with one attached hydrogen (secondary N) is 2. The molecule has 1 heterocycles. The summed E-state index contributed by atoms with van der Waals surface area (Å²) in [7, 11) is 0. The van der Waals surface area contributed by atoms with Crippen molar-refractivity contribution in [2.24, 2.45) is 5.92 Å². The van der Waals surface area contributed by atoms with Crippen LogP contribution in [0.5, 0.6) is 0 Å². The van der Waals surface area contributed by atoms with Crippen LogP contribution in [0.25, 0.3) is 0 Å². The van der Waals surface area contributed by atoms with Crippen LogP contribution in [0.15, 0.2) is 5.38 Å². The Bertz CT molecular complexity index is 482. The zero-order chi connectivity index (χ0) is 13.5. The lowest BCUT2D eigenvalue weighted by atomic mass is 9.97. The fraction of sp³-hybridized carbons (Fsp3) is 0.692. The smallest absolute Gasteiger partial charge is 0.321 e. The number of carbonyl (C=O) groups excluding carboxylic acids is 1. The van der Waals surface area contributed by atoms with Crippen LogP contribution >= 0.6 is 11.3 Å². The van der Waals surface area contributed by atoms with E-state index in [0.717, 1.165) is 18.5 Å². The lowest BCUT2D eigenvalue weighted by Gasteiger charge is -2.28. The molecule has 0 bridgehead atoms. The first-order chi connectivity index (χ1) is 9.10. The van der Waals surface area contributed by atoms with Crippen LogP contribution in [-0.2, 0) is 0 Å². The van der Waals surface area contributed by atoms with Crippen molar-refractivity contribution in [1.29, 1.82) is 0 Å². The highest BCUT2D eigenvalue weighted by atomic mass is 32.1. The van der Waals surface area contributed by atoms with E-state index in [4.69, 9.17) is 0 Å². The van der Waals surface area contributed by atoms with E-state index in [-0.39, 0.29) is 12.6 Å². The molecule has 104 valence electrons. The largest absolute Gasteiger partial charge is 0.394 e. The minimum atomic E-state index is -0.513. The highest BCUT2D eigenvalue weighted by Crippen LogP contribution is 2.41. The third-order valence-electron chi connectivity index (χ3n) is 3.94.